The molecular weight excluding hydrogens is 616 g/mol. The Morgan fingerprint density at radius 2 is 1.35 bits per heavy atom. The van der Waals surface area contributed by atoms with Crippen molar-refractivity contribution in [2.75, 3.05) is 13.7 Å². The minimum Gasteiger partial charge on any atom is -0.468 e. The highest BCUT2D eigenvalue weighted by Crippen LogP contribution is 2.41. The van der Waals surface area contributed by atoms with Gasteiger partial charge in [-0.2, -0.15) is 0 Å². The second kappa shape index (κ2) is 16.9. The SMILES string of the molecule is C/C=C/CNC(C(=O)OC)C(=O)C(Cc1cncn1C(c1ccccc1)(c1ccccc1)c1ccccc1)NC(=O)OCc1ccccc1. The van der Waals surface area contributed by atoms with Crippen molar-refractivity contribution in [1.29, 1.82) is 0 Å². The van der Waals surface area contributed by atoms with Gasteiger partial charge in [-0.25, -0.2) is 14.6 Å². The second-order valence-electron chi connectivity index (χ2n) is 11.4. The van der Waals surface area contributed by atoms with Crippen LogP contribution < -0.4 is 10.6 Å². The molecule has 0 saturated carbocycles. The van der Waals surface area contributed by atoms with Gasteiger partial charge in [-0.15, -0.1) is 0 Å². The average Bonchev–Trinajstić information content (AvgIpc) is 3.62. The van der Waals surface area contributed by atoms with Gasteiger partial charge in [0.15, 0.2) is 11.8 Å². The molecule has 49 heavy (non-hydrogen) atoms. The van der Waals surface area contributed by atoms with Crippen LogP contribution in [-0.4, -0.2) is 53.1 Å². The molecule has 0 aliphatic carbocycles. The number of amides is 1. The summed E-state index contributed by atoms with van der Waals surface area (Å²) in [6.07, 6.45) is 6.19. The number of carbonyl (C=O) groups excluding carboxylic acids is 3. The van der Waals surface area contributed by atoms with E-state index in [9.17, 15) is 14.4 Å². The van der Waals surface area contributed by atoms with Crippen molar-refractivity contribution in [1.82, 2.24) is 20.2 Å². The number of ketones is 1. The van der Waals surface area contributed by atoms with E-state index in [4.69, 9.17) is 9.47 Å². The summed E-state index contributed by atoms with van der Waals surface area (Å²) in [5.74, 6) is -1.34. The first-order valence-corrected chi connectivity index (χ1v) is 16.1. The fourth-order valence-corrected chi connectivity index (χ4v) is 5.99. The third-order valence-electron chi connectivity index (χ3n) is 8.31. The summed E-state index contributed by atoms with van der Waals surface area (Å²) < 4.78 is 12.6. The molecule has 250 valence electrons. The lowest BCUT2D eigenvalue weighted by Crippen LogP contribution is -2.54. The number of aromatic nitrogens is 2. The molecule has 5 rings (SSSR count). The van der Waals surface area contributed by atoms with Crippen molar-refractivity contribution in [3.8, 4) is 0 Å². The van der Waals surface area contributed by atoms with E-state index in [1.165, 1.54) is 7.11 Å². The first-order chi connectivity index (χ1) is 24.0. The summed E-state index contributed by atoms with van der Waals surface area (Å²) in [6, 6.07) is 36.9. The van der Waals surface area contributed by atoms with Crippen LogP contribution in [0.5, 0.6) is 0 Å². The molecule has 9 nitrogen and oxygen atoms in total. The van der Waals surface area contributed by atoms with E-state index in [1.807, 2.05) is 96.4 Å². The molecule has 0 aliphatic heterocycles. The third-order valence-corrected chi connectivity index (χ3v) is 8.31. The number of nitrogens with one attached hydrogen (secondary N) is 2. The zero-order valence-electron chi connectivity index (χ0n) is 27.6. The van der Waals surface area contributed by atoms with Crippen LogP contribution in [0, 0.1) is 0 Å². The second-order valence-corrected chi connectivity index (χ2v) is 11.4. The number of methoxy groups -OCH3 is 1. The number of alkyl carbamates (subject to hydrolysis) is 1. The monoisotopic (exact) mass is 656 g/mol. The normalized spacial score (nSPS) is 12.6. The first kappa shape index (κ1) is 34.5. The molecule has 0 aliphatic rings. The predicted octanol–water partition coefficient (Wildman–Crippen LogP) is 5.84. The van der Waals surface area contributed by atoms with Crippen molar-refractivity contribution in [2.24, 2.45) is 0 Å². The van der Waals surface area contributed by atoms with Crippen LogP contribution in [0.4, 0.5) is 4.79 Å². The summed E-state index contributed by atoms with van der Waals surface area (Å²) in [5.41, 5.74) is 3.40. The molecule has 0 radical (unpaired) electrons. The molecule has 9 heteroatoms. The van der Waals surface area contributed by atoms with Gasteiger partial charge in [-0.3, -0.25) is 10.1 Å². The number of carbonyl (C=O) groups is 3. The van der Waals surface area contributed by atoms with Crippen molar-refractivity contribution >= 4 is 17.8 Å². The Morgan fingerprint density at radius 3 is 1.86 bits per heavy atom. The lowest BCUT2D eigenvalue weighted by atomic mass is 9.76. The highest BCUT2D eigenvalue weighted by Gasteiger charge is 2.41. The van der Waals surface area contributed by atoms with E-state index < -0.39 is 35.5 Å². The van der Waals surface area contributed by atoms with Gasteiger partial charge in [0.1, 0.15) is 12.1 Å². The van der Waals surface area contributed by atoms with Crippen molar-refractivity contribution < 1.29 is 23.9 Å². The van der Waals surface area contributed by atoms with Crippen LogP contribution in [0.15, 0.2) is 146 Å². The summed E-state index contributed by atoms with van der Waals surface area (Å²) in [5, 5.41) is 5.71. The zero-order valence-corrected chi connectivity index (χ0v) is 27.6. The van der Waals surface area contributed by atoms with E-state index in [0.717, 1.165) is 22.3 Å². The fraction of sp³-hybridized carbons (Fsp3) is 0.200. The van der Waals surface area contributed by atoms with Crippen LogP contribution in [-0.2, 0) is 37.6 Å². The molecule has 2 unspecified atom stereocenters. The topological polar surface area (TPSA) is 112 Å². The van der Waals surface area contributed by atoms with E-state index in [1.54, 1.807) is 24.7 Å². The Hall–Kier alpha value is -5.80. The van der Waals surface area contributed by atoms with Crippen molar-refractivity contribution in [3.05, 3.63) is 174 Å². The van der Waals surface area contributed by atoms with Crippen molar-refractivity contribution in [3.63, 3.8) is 0 Å². The maximum Gasteiger partial charge on any atom is 0.408 e. The van der Waals surface area contributed by atoms with E-state index in [-0.39, 0.29) is 19.6 Å². The molecule has 1 heterocycles. The minimum atomic E-state index is -1.35. The molecule has 4 aromatic carbocycles. The van der Waals surface area contributed by atoms with Gasteiger partial charge in [0.25, 0.3) is 0 Å². The average molecular weight is 657 g/mol. The Morgan fingerprint density at radius 1 is 0.816 bits per heavy atom. The maximum atomic E-state index is 14.3. The summed E-state index contributed by atoms with van der Waals surface area (Å²) in [4.78, 5) is 45.1. The van der Waals surface area contributed by atoms with E-state index in [2.05, 4.69) is 52.0 Å². The number of esters is 1. The third kappa shape index (κ3) is 8.02. The number of benzene rings is 4. The number of Topliss-reactive ketones (excluding diaryl/α,β-unsaturated/α-hetero) is 1. The predicted molar refractivity (Wildman–Crippen MR) is 188 cm³/mol. The Kier molecular flexibility index (Phi) is 11.9. The lowest BCUT2D eigenvalue weighted by Gasteiger charge is -2.39. The van der Waals surface area contributed by atoms with Crippen molar-refractivity contribution in [2.45, 2.75) is 37.6 Å². The fourth-order valence-electron chi connectivity index (χ4n) is 5.99. The lowest BCUT2D eigenvalue weighted by molar-refractivity contribution is -0.147. The van der Waals surface area contributed by atoms with Gasteiger partial charge in [0, 0.05) is 24.9 Å². The highest BCUT2D eigenvalue weighted by molar-refractivity contribution is 6.06. The molecule has 0 fully saturated rings. The molecule has 0 spiro atoms. The van der Waals surface area contributed by atoms with Crippen LogP contribution in [0.3, 0.4) is 0 Å². The maximum absolute atomic E-state index is 14.3. The highest BCUT2D eigenvalue weighted by atomic mass is 16.5. The van der Waals surface area contributed by atoms with E-state index in [0.29, 0.717) is 5.69 Å². The van der Waals surface area contributed by atoms with Gasteiger partial charge >= 0.3 is 12.1 Å². The molecule has 5 aromatic rings. The molecular formula is C40H40N4O5. The van der Waals surface area contributed by atoms with Crippen LogP contribution in [0.1, 0.15) is 34.9 Å². The number of hydrogen-bond acceptors (Lipinski definition) is 7. The molecule has 2 atom stereocenters. The number of ether oxygens (including phenoxy) is 2. The standard InChI is InChI=1S/C40H40N4O5/c1-3-4-25-42-36(38(46)48-2)37(45)35(43-39(47)49-28-30-17-9-5-10-18-30)26-34-27-41-29-44(34)40(31-19-11-6-12-20-31,32-21-13-7-14-22-32)33-23-15-8-16-24-33/h3-24,27,29,35-36,42H,25-26,28H2,1-2H3,(H,43,47)/b4-3+. The molecule has 2 N–H and O–H groups in total. The Balaban J connectivity index is 1.60. The number of nitrogens with zero attached hydrogens (tertiary/aromatic N) is 2. The van der Waals surface area contributed by atoms with Gasteiger partial charge < -0.3 is 19.4 Å². The Labute approximate surface area is 286 Å². The molecule has 1 amide bonds. The first-order valence-electron chi connectivity index (χ1n) is 16.1. The number of allylic oxidation sites excluding steroid dienone is 1. The van der Waals surface area contributed by atoms with Gasteiger partial charge in [0.2, 0.25) is 0 Å². The largest absolute Gasteiger partial charge is 0.468 e. The number of hydrogen-bond donors (Lipinski definition) is 2. The summed E-state index contributed by atoms with van der Waals surface area (Å²) >= 11 is 0. The summed E-state index contributed by atoms with van der Waals surface area (Å²) in [7, 11) is 1.22. The number of rotatable bonds is 15. The van der Waals surface area contributed by atoms with Crippen LogP contribution >= 0.6 is 0 Å². The van der Waals surface area contributed by atoms with Gasteiger partial charge in [-0.05, 0) is 29.2 Å². The Bertz CT molecular complexity index is 1730. The van der Waals surface area contributed by atoms with E-state index >= 15 is 0 Å². The zero-order chi connectivity index (χ0) is 34.5. The summed E-state index contributed by atoms with van der Waals surface area (Å²) in [6.45, 7) is 2.08. The van der Waals surface area contributed by atoms with Crippen LogP contribution in [0.2, 0.25) is 0 Å². The molecule has 0 saturated heterocycles. The quantitative estimate of drug-likeness (QED) is 0.0631. The van der Waals surface area contributed by atoms with Gasteiger partial charge in [-0.1, -0.05) is 133 Å². The minimum absolute atomic E-state index is 0.00459. The smallest absolute Gasteiger partial charge is 0.408 e. The van der Waals surface area contributed by atoms with Crippen LogP contribution in [0.25, 0.3) is 0 Å². The molecule has 0 bridgehead atoms. The molecule has 1 aromatic heterocycles. The van der Waals surface area contributed by atoms with Gasteiger partial charge in [0.05, 0.1) is 19.5 Å². The number of imidazole rings is 1.